The number of rotatable bonds is 6. The minimum absolute atomic E-state index is 0.235. The van der Waals surface area contributed by atoms with E-state index in [1.807, 2.05) is 0 Å². The van der Waals surface area contributed by atoms with Crippen LogP contribution in [0.3, 0.4) is 0 Å². The van der Waals surface area contributed by atoms with E-state index in [0.29, 0.717) is 22.6 Å². The van der Waals surface area contributed by atoms with Gasteiger partial charge in [0.15, 0.2) is 0 Å². The summed E-state index contributed by atoms with van der Waals surface area (Å²) in [6.45, 7) is 3.84. The molecular formula is C14H20BrFN2O2S. The summed E-state index contributed by atoms with van der Waals surface area (Å²) < 4.78 is 41.3. The number of nitrogens with zero attached hydrogens (tertiary/aromatic N) is 1. The summed E-state index contributed by atoms with van der Waals surface area (Å²) in [5, 5.41) is 3.20. The van der Waals surface area contributed by atoms with Crippen LogP contribution in [0.1, 0.15) is 32.3 Å². The van der Waals surface area contributed by atoms with Crippen LogP contribution in [0, 0.1) is 5.82 Å². The van der Waals surface area contributed by atoms with Gasteiger partial charge in [0.25, 0.3) is 0 Å². The van der Waals surface area contributed by atoms with Gasteiger partial charge in [-0.05, 0) is 38.8 Å². The second-order valence-corrected chi connectivity index (χ2v) is 8.53. The van der Waals surface area contributed by atoms with Crippen LogP contribution in [0.25, 0.3) is 0 Å². The molecule has 1 fully saturated rings. The van der Waals surface area contributed by atoms with Crippen LogP contribution < -0.4 is 5.32 Å². The average molecular weight is 379 g/mol. The minimum Gasteiger partial charge on any atom is -0.310 e. The molecule has 118 valence electrons. The van der Waals surface area contributed by atoms with Crippen LogP contribution in [0.5, 0.6) is 0 Å². The smallest absolute Gasteiger partial charge is 0.246 e. The Bertz CT molecular complexity index is 630. The monoisotopic (exact) mass is 378 g/mol. The van der Waals surface area contributed by atoms with Gasteiger partial charge in [0, 0.05) is 35.7 Å². The lowest BCUT2D eigenvalue weighted by Gasteiger charge is -2.22. The highest BCUT2D eigenvalue weighted by molar-refractivity contribution is 9.10. The third-order valence-electron chi connectivity index (χ3n) is 3.62. The van der Waals surface area contributed by atoms with E-state index in [4.69, 9.17) is 0 Å². The van der Waals surface area contributed by atoms with Crippen molar-refractivity contribution in [3.8, 4) is 0 Å². The number of halogens is 2. The van der Waals surface area contributed by atoms with Crippen LogP contribution in [-0.4, -0.2) is 31.9 Å². The number of hydrogen-bond acceptors (Lipinski definition) is 3. The molecule has 0 unspecified atom stereocenters. The largest absolute Gasteiger partial charge is 0.310 e. The number of benzene rings is 1. The third-order valence-corrected chi connectivity index (χ3v) is 6.11. The van der Waals surface area contributed by atoms with Crippen molar-refractivity contribution in [2.24, 2.45) is 0 Å². The normalized spacial score (nSPS) is 16.0. The first-order valence-corrected chi connectivity index (χ1v) is 9.16. The molecule has 0 spiro atoms. The summed E-state index contributed by atoms with van der Waals surface area (Å²) >= 11 is 3.27. The quantitative estimate of drug-likeness (QED) is 0.827. The molecule has 1 N–H and O–H groups in total. The van der Waals surface area contributed by atoms with Crippen molar-refractivity contribution in [1.29, 1.82) is 0 Å². The number of hydrogen-bond donors (Lipinski definition) is 1. The Morgan fingerprint density at radius 1 is 1.43 bits per heavy atom. The van der Waals surface area contributed by atoms with Crippen LogP contribution >= 0.6 is 15.9 Å². The van der Waals surface area contributed by atoms with E-state index in [9.17, 15) is 12.8 Å². The topological polar surface area (TPSA) is 49.4 Å². The van der Waals surface area contributed by atoms with E-state index in [1.54, 1.807) is 19.9 Å². The van der Waals surface area contributed by atoms with Crippen LogP contribution in [-0.2, 0) is 16.6 Å². The van der Waals surface area contributed by atoms with Crippen LogP contribution in [0.4, 0.5) is 4.39 Å². The van der Waals surface area contributed by atoms with Gasteiger partial charge in [0.2, 0.25) is 10.0 Å². The Hall–Kier alpha value is -0.500. The molecule has 0 bridgehead atoms. The Morgan fingerprint density at radius 3 is 2.57 bits per heavy atom. The van der Waals surface area contributed by atoms with Gasteiger partial charge in [0.05, 0.1) is 0 Å². The molecule has 1 aromatic carbocycles. The molecule has 0 amide bonds. The Morgan fingerprint density at radius 2 is 2.05 bits per heavy atom. The molecule has 7 heteroatoms. The maximum absolute atomic E-state index is 14.6. The summed E-state index contributed by atoms with van der Waals surface area (Å²) in [6.07, 6.45) is 2.19. The van der Waals surface area contributed by atoms with E-state index >= 15 is 0 Å². The molecule has 0 saturated heterocycles. The van der Waals surface area contributed by atoms with Gasteiger partial charge in [-0.2, -0.15) is 4.31 Å². The second kappa shape index (κ2) is 6.32. The predicted molar refractivity (Wildman–Crippen MR) is 84.0 cm³/mol. The summed E-state index contributed by atoms with van der Waals surface area (Å²) in [7, 11) is -2.38. The molecule has 0 atom stereocenters. The van der Waals surface area contributed by atoms with Gasteiger partial charge in [-0.25, -0.2) is 12.8 Å². The zero-order valence-corrected chi connectivity index (χ0v) is 14.8. The van der Waals surface area contributed by atoms with Gasteiger partial charge < -0.3 is 5.32 Å². The summed E-state index contributed by atoms with van der Waals surface area (Å²) in [6, 6.07) is 3.15. The van der Waals surface area contributed by atoms with Gasteiger partial charge in [0.1, 0.15) is 10.7 Å². The fourth-order valence-electron chi connectivity index (χ4n) is 1.91. The van der Waals surface area contributed by atoms with Crippen molar-refractivity contribution >= 4 is 26.0 Å². The molecule has 2 rings (SSSR count). The van der Waals surface area contributed by atoms with Crippen molar-refractivity contribution in [2.45, 2.75) is 50.2 Å². The van der Waals surface area contributed by atoms with Gasteiger partial charge in [-0.3, -0.25) is 0 Å². The van der Waals surface area contributed by atoms with E-state index < -0.39 is 15.8 Å². The molecule has 0 radical (unpaired) electrons. The fourth-order valence-corrected chi connectivity index (χ4v) is 4.06. The maximum atomic E-state index is 14.6. The Labute approximate surface area is 133 Å². The molecule has 1 aliphatic carbocycles. The van der Waals surface area contributed by atoms with Gasteiger partial charge in [-0.15, -0.1) is 0 Å². The highest BCUT2D eigenvalue weighted by Crippen LogP contribution is 2.28. The predicted octanol–water partition coefficient (Wildman–Crippen LogP) is 2.87. The average Bonchev–Trinajstić information content (AvgIpc) is 3.22. The number of sulfonamides is 1. The summed E-state index contributed by atoms with van der Waals surface area (Å²) in [5.74, 6) is -0.668. The molecular weight excluding hydrogens is 359 g/mol. The van der Waals surface area contributed by atoms with E-state index in [1.165, 1.54) is 17.4 Å². The minimum atomic E-state index is -3.84. The zero-order valence-electron chi connectivity index (χ0n) is 12.4. The summed E-state index contributed by atoms with van der Waals surface area (Å²) in [5.41, 5.74) is 0.368. The fraction of sp³-hybridized carbons (Fsp3) is 0.571. The standard InChI is InChI=1S/C14H20BrFN2O2S/c1-9(2)18(3)21(19,20)13-7-11(15)6-10(14(13)16)8-17-12-4-5-12/h6-7,9,12,17H,4-5,8H2,1-3H3. The van der Waals surface area contributed by atoms with Gasteiger partial charge in [-0.1, -0.05) is 15.9 Å². The van der Waals surface area contributed by atoms with Crippen molar-refractivity contribution in [3.05, 3.63) is 28.0 Å². The van der Waals surface area contributed by atoms with Crippen LogP contribution in [0.15, 0.2) is 21.5 Å². The second-order valence-electron chi connectivity index (χ2n) is 5.65. The van der Waals surface area contributed by atoms with Crippen molar-refractivity contribution in [3.63, 3.8) is 0 Å². The van der Waals surface area contributed by atoms with Crippen molar-refractivity contribution in [2.75, 3.05) is 7.05 Å². The molecule has 21 heavy (non-hydrogen) atoms. The highest BCUT2D eigenvalue weighted by Gasteiger charge is 2.29. The highest BCUT2D eigenvalue weighted by atomic mass is 79.9. The summed E-state index contributed by atoms with van der Waals surface area (Å²) in [4.78, 5) is -0.277. The maximum Gasteiger partial charge on any atom is 0.246 e. The Kier molecular flexibility index (Phi) is 5.07. The zero-order chi connectivity index (χ0) is 15.8. The van der Waals surface area contributed by atoms with E-state index in [2.05, 4.69) is 21.2 Å². The van der Waals surface area contributed by atoms with Crippen molar-refractivity contribution < 1.29 is 12.8 Å². The first kappa shape index (κ1) is 16.9. The van der Waals surface area contributed by atoms with E-state index in [0.717, 1.165) is 12.8 Å². The van der Waals surface area contributed by atoms with E-state index in [-0.39, 0.29) is 10.9 Å². The Balaban J connectivity index is 2.38. The first-order chi connectivity index (χ1) is 9.73. The molecule has 0 aromatic heterocycles. The lowest BCUT2D eigenvalue weighted by atomic mass is 10.2. The number of nitrogens with one attached hydrogen (secondary N) is 1. The molecule has 1 aliphatic rings. The lowest BCUT2D eigenvalue weighted by molar-refractivity contribution is 0.406. The first-order valence-electron chi connectivity index (χ1n) is 6.93. The molecule has 1 saturated carbocycles. The van der Waals surface area contributed by atoms with Crippen molar-refractivity contribution in [1.82, 2.24) is 9.62 Å². The van der Waals surface area contributed by atoms with Crippen LogP contribution in [0.2, 0.25) is 0 Å². The SMILES string of the molecule is CC(C)N(C)S(=O)(=O)c1cc(Br)cc(CNC2CC2)c1F. The molecule has 0 aliphatic heterocycles. The molecule has 0 heterocycles. The lowest BCUT2D eigenvalue weighted by Crippen LogP contribution is -2.33. The van der Waals surface area contributed by atoms with Gasteiger partial charge >= 0.3 is 0 Å². The molecule has 4 nitrogen and oxygen atoms in total. The third kappa shape index (κ3) is 3.83. The molecule has 1 aromatic rings.